The van der Waals surface area contributed by atoms with Gasteiger partial charge in [0.15, 0.2) is 4.47 Å². The van der Waals surface area contributed by atoms with Crippen LogP contribution < -0.4 is 5.32 Å². The molecule has 0 saturated carbocycles. The number of thiazole rings is 1. The Hall–Kier alpha value is -1.92. The highest BCUT2D eigenvalue weighted by atomic mass is 35.5. The van der Waals surface area contributed by atoms with E-state index in [1.54, 1.807) is 17.2 Å². The summed E-state index contributed by atoms with van der Waals surface area (Å²) in [6.07, 6.45) is 5.04. The number of hydrogen-bond acceptors (Lipinski definition) is 5. The number of halogens is 1. The van der Waals surface area contributed by atoms with Crippen molar-refractivity contribution in [3.8, 4) is 0 Å². The third-order valence-corrected chi connectivity index (χ3v) is 3.87. The first kappa shape index (κ1) is 13.1. The van der Waals surface area contributed by atoms with Crippen LogP contribution in [0.15, 0.2) is 43.1 Å². The summed E-state index contributed by atoms with van der Waals surface area (Å²) in [7, 11) is 0. The zero-order valence-corrected chi connectivity index (χ0v) is 12.1. The Morgan fingerprint density at radius 2 is 2.10 bits per heavy atom. The molecule has 0 atom stereocenters. The van der Waals surface area contributed by atoms with E-state index in [0.29, 0.717) is 4.47 Å². The molecule has 102 valence electrons. The summed E-state index contributed by atoms with van der Waals surface area (Å²) in [4.78, 5) is 9.05. The van der Waals surface area contributed by atoms with Gasteiger partial charge in [-0.1, -0.05) is 23.7 Å². The van der Waals surface area contributed by atoms with Crippen LogP contribution >= 0.6 is 22.9 Å². The highest BCUT2D eigenvalue weighted by Gasteiger charge is 2.00. The molecule has 2 aromatic heterocycles. The fourth-order valence-corrected chi connectivity index (χ4v) is 2.70. The lowest BCUT2D eigenvalue weighted by Gasteiger charge is -2.06. The van der Waals surface area contributed by atoms with Crippen LogP contribution in [-0.4, -0.2) is 19.7 Å². The van der Waals surface area contributed by atoms with Crippen LogP contribution in [0, 0.1) is 0 Å². The molecule has 1 aromatic carbocycles. The zero-order valence-electron chi connectivity index (χ0n) is 10.5. The van der Waals surface area contributed by atoms with Crippen LogP contribution in [0.3, 0.4) is 0 Å². The molecule has 0 spiro atoms. The maximum Gasteiger partial charge on any atom is 0.183 e. The van der Waals surface area contributed by atoms with Crippen molar-refractivity contribution in [2.75, 3.05) is 5.32 Å². The smallest absolute Gasteiger partial charge is 0.183 e. The van der Waals surface area contributed by atoms with Gasteiger partial charge in [0.1, 0.15) is 12.7 Å². The van der Waals surface area contributed by atoms with E-state index in [0.717, 1.165) is 23.7 Å². The number of hydrogen-bond donors (Lipinski definition) is 1. The van der Waals surface area contributed by atoms with Crippen molar-refractivity contribution in [2.45, 2.75) is 13.1 Å². The number of anilines is 1. The highest BCUT2D eigenvalue weighted by molar-refractivity contribution is 7.15. The molecule has 20 heavy (non-hydrogen) atoms. The first-order chi connectivity index (χ1) is 9.79. The van der Waals surface area contributed by atoms with E-state index in [2.05, 4.69) is 44.6 Å². The molecule has 5 nitrogen and oxygen atoms in total. The summed E-state index contributed by atoms with van der Waals surface area (Å²) in [5, 5.41) is 7.42. The maximum absolute atomic E-state index is 5.80. The fourth-order valence-electron chi connectivity index (χ4n) is 1.78. The summed E-state index contributed by atoms with van der Waals surface area (Å²) in [6.45, 7) is 1.46. The minimum atomic E-state index is 0.574. The molecule has 0 aliphatic carbocycles. The molecule has 0 bridgehead atoms. The van der Waals surface area contributed by atoms with Gasteiger partial charge in [-0.2, -0.15) is 5.10 Å². The Morgan fingerprint density at radius 3 is 2.75 bits per heavy atom. The largest absolute Gasteiger partial charge is 0.380 e. The molecule has 0 amide bonds. The van der Waals surface area contributed by atoms with Gasteiger partial charge in [0.25, 0.3) is 0 Å². The predicted molar refractivity (Wildman–Crippen MR) is 80.0 cm³/mol. The fraction of sp³-hybridized carbons (Fsp3) is 0.154. The number of rotatable bonds is 5. The highest BCUT2D eigenvalue weighted by Crippen LogP contribution is 2.19. The standard InChI is InChI=1S/C13H12ClN5S/c14-13-17-6-12(20-13)5-16-11-3-1-10(2-4-11)7-19-9-15-8-18-19/h1-4,6,8-9,16H,5,7H2. The Bertz CT molecular complexity index is 662. The third-order valence-electron chi connectivity index (χ3n) is 2.76. The topological polar surface area (TPSA) is 55.6 Å². The van der Waals surface area contributed by atoms with Gasteiger partial charge in [0.05, 0.1) is 13.1 Å². The number of nitrogens with one attached hydrogen (secondary N) is 1. The van der Waals surface area contributed by atoms with Crippen molar-refractivity contribution >= 4 is 28.6 Å². The van der Waals surface area contributed by atoms with Crippen LogP contribution in [0.25, 0.3) is 0 Å². The van der Waals surface area contributed by atoms with E-state index in [9.17, 15) is 0 Å². The Balaban J connectivity index is 1.58. The van der Waals surface area contributed by atoms with Crippen molar-refractivity contribution in [2.24, 2.45) is 0 Å². The van der Waals surface area contributed by atoms with E-state index in [1.165, 1.54) is 23.2 Å². The second kappa shape index (κ2) is 6.02. The van der Waals surface area contributed by atoms with E-state index < -0.39 is 0 Å². The van der Waals surface area contributed by atoms with Gasteiger partial charge in [0, 0.05) is 16.8 Å². The van der Waals surface area contributed by atoms with Crippen LogP contribution in [0.1, 0.15) is 10.4 Å². The number of aromatic nitrogens is 4. The lowest BCUT2D eigenvalue weighted by atomic mass is 10.2. The monoisotopic (exact) mass is 305 g/mol. The summed E-state index contributed by atoms with van der Waals surface area (Å²) in [5.74, 6) is 0. The van der Waals surface area contributed by atoms with Crippen LogP contribution in [0.5, 0.6) is 0 Å². The van der Waals surface area contributed by atoms with Gasteiger partial charge >= 0.3 is 0 Å². The number of benzene rings is 1. The van der Waals surface area contributed by atoms with Gasteiger partial charge in [-0.05, 0) is 17.7 Å². The first-order valence-electron chi connectivity index (χ1n) is 6.05. The second-order valence-electron chi connectivity index (χ2n) is 4.22. The molecule has 3 aromatic rings. The molecule has 2 heterocycles. The third kappa shape index (κ3) is 3.34. The lowest BCUT2D eigenvalue weighted by Crippen LogP contribution is -2.01. The molecule has 1 N–H and O–H groups in total. The molecule has 0 saturated heterocycles. The molecule has 0 aliphatic heterocycles. The van der Waals surface area contributed by atoms with Gasteiger partial charge in [-0.3, -0.25) is 0 Å². The minimum Gasteiger partial charge on any atom is -0.380 e. The lowest BCUT2D eigenvalue weighted by molar-refractivity contribution is 0.685. The van der Waals surface area contributed by atoms with E-state index in [4.69, 9.17) is 11.6 Å². The average molecular weight is 306 g/mol. The molecule has 7 heteroatoms. The zero-order chi connectivity index (χ0) is 13.8. The van der Waals surface area contributed by atoms with Crippen LogP contribution in [0.4, 0.5) is 5.69 Å². The summed E-state index contributed by atoms with van der Waals surface area (Å²) in [5.41, 5.74) is 2.25. The van der Waals surface area contributed by atoms with Crippen molar-refractivity contribution in [3.05, 3.63) is 58.0 Å². The number of nitrogens with zero attached hydrogens (tertiary/aromatic N) is 4. The van der Waals surface area contributed by atoms with E-state index >= 15 is 0 Å². The predicted octanol–water partition coefficient (Wildman–Crippen LogP) is 3.05. The molecular formula is C13H12ClN5S. The quantitative estimate of drug-likeness (QED) is 0.787. The van der Waals surface area contributed by atoms with E-state index in [-0.39, 0.29) is 0 Å². The van der Waals surface area contributed by atoms with Gasteiger partial charge < -0.3 is 5.32 Å². The molecule has 3 rings (SSSR count). The van der Waals surface area contributed by atoms with Crippen LogP contribution in [-0.2, 0) is 13.1 Å². The second-order valence-corrected chi connectivity index (χ2v) is 5.92. The normalized spacial score (nSPS) is 10.7. The average Bonchev–Trinajstić information content (AvgIpc) is 3.10. The molecular weight excluding hydrogens is 294 g/mol. The van der Waals surface area contributed by atoms with Crippen molar-refractivity contribution < 1.29 is 0 Å². The van der Waals surface area contributed by atoms with Gasteiger partial charge in [0.2, 0.25) is 0 Å². The summed E-state index contributed by atoms with van der Waals surface area (Å²) in [6, 6.07) is 8.25. The molecule has 0 radical (unpaired) electrons. The molecule has 0 unspecified atom stereocenters. The van der Waals surface area contributed by atoms with Crippen molar-refractivity contribution in [1.29, 1.82) is 0 Å². The summed E-state index contributed by atoms with van der Waals surface area (Å²) < 4.78 is 2.37. The SMILES string of the molecule is Clc1ncc(CNc2ccc(Cn3cncn3)cc2)s1. The van der Waals surface area contributed by atoms with Crippen LogP contribution in [0.2, 0.25) is 4.47 Å². The van der Waals surface area contributed by atoms with Crippen molar-refractivity contribution in [3.63, 3.8) is 0 Å². The molecule has 0 aliphatic rings. The summed E-state index contributed by atoms with van der Waals surface area (Å²) >= 11 is 7.28. The Labute approximate surface area is 125 Å². The molecule has 0 fully saturated rings. The Morgan fingerprint density at radius 1 is 1.25 bits per heavy atom. The first-order valence-corrected chi connectivity index (χ1v) is 7.24. The minimum absolute atomic E-state index is 0.574. The van der Waals surface area contributed by atoms with Crippen molar-refractivity contribution in [1.82, 2.24) is 19.7 Å². The van der Waals surface area contributed by atoms with Gasteiger partial charge in [-0.15, -0.1) is 11.3 Å². The maximum atomic E-state index is 5.80. The van der Waals surface area contributed by atoms with E-state index in [1.807, 2.05) is 0 Å². The Kier molecular flexibility index (Phi) is 3.94. The van der Waals surface area contributed by atoms with Gasteiger partial charge in [-0.25, -0.2) is 14.6 Å².